The highest BCUT2D eigenvalue weighted by atomic mass is 16.6. The molecule has 0 saturated heterocycles. The molecule has 0 aliphatic rings. The highest BCUT2D eigenvalue weighted by molar-refractivity contribution is 5.68. The van der Waals surface area contributed by atoms with Crippen LogP contribution < -0.4 is 10.9 Å². The monoisotopic (exact) mass is 336 g/mol. The second-order valence-corrected chi connectivity index (χ2v) is 6.59. The number of hydrogen-bond donors (Lipinski definition) is 2. The van der Waals surface area contributed by atoms with Crippen LogP contribution in [-0.2, 0) is 11.3 Å². The number of aromatic amines is 1. The minimum atomic E-state index is -0.472. The van der Waals surface area contributed by atoms with Crippen molar-refractivity contribution in [2.75, 3.05) is 6.54 Å². The van der Waals surface area contributed by atoms with E-state index in [-0.39, 0.29) is 11.7 Å². The summed E-state index contributed by atoms with van der Waals surface area (Å²) in [6, 6.07) is 0. The number of H-pyrrole nitrogens is 1. The van der Waals surface area contributed by atoms with Gasteiger partial charge in [-0.25, -0.2) is 14.9 Å². The lowest BCUT2D eigenvalue weighted by molar-refractivity contribution is 0.0527. The molecule has 1 amide bonds. The summed E-state index contributed by atoms with van der Waals surface area (Å²) in [6.07, 6.45) is 5.01. The second kappa shape index (κ2) is 7.89. The van der Waals surface area contributed by atoms with Gasteiger partial charge in [0.05, 0.1) is 6.33 Å². The molecule has 0 bridgehead atoms. The molecule has 0 aliphatic carbocycles. The van der Waals surface area contributed by atoms with E-state index in [1.807, 2.05) is 20.8 Å². The minimum Gasteiger partial charge on any atom is -0.444 e. The lowest BCUT2D eigenvalue weighted by Gasteiger charge is -2.19. The van der Waals surface area contributed by atoms with Crippen molar-refractivity contribution < 1.29 is 9.53 Å². The number of hydrogen-bond acceptors (Lipinski definition) is 6. The largest absolute Gasteiger partial charge is 0.444 e. The van der Waals surface area contributed by atoms with Crippen LogP contribution >= 0.6 is 0 Å². The number of carbonyl (C=O) groups is 1. The first-order valence-electron chi connectivity index (χ1n) is 8.10. The molecular weight excluding hydrogens is 312 g/mol. The normalized spacial score (nSPS) is 11.6. The number of nitrogens with one attached hydrogen (secondary N) is 2. The van der Waals surface area contributed by atoms with Gasteiger partial charge >= 0.3 is 6.09 Å². The van der Waals surface area contributed by atoms with E-state index >= 15 is 0 Å². The Morgan fingerprint density at radius 1 is 1.29 bits per heavy atom. The first-order chi connectivity index (χ1) is 11.4. The number of unbranched alkanes of at least 4 members (excludes halogenated alkanes) is 3. The molecule has 2 heterocycles. The van der Waals surface area contributed by atoms with Gasteiger partial charge in [0.15, 0.2) is 5.52 Å². The van der Waals surface area contributed by atoms with E-state index in [4.69, 9.17) is 4.74 Å². The smallest absolute Gasteiger partial charge is 0.407 e. The summed E-state index contributed by atoms with van der Waals surface area (Å²) in [5.41, 5.74) is 0.0656. The molecule has 2 rings (SSSR count). The zero-order chi connectivity index (χ0) is 17.6. The van der Waals surface area contributed by atoms with Gasteiger partial charge in [-0.2, -0.15) is 0 Å². The molecule has 0 aromatic carbocycles. The third-order valence-corrected chi connectivity index (χ3v) is 3.32. The Bertz CT molecular complexity index is 731. The van der Waals surface area contributed by atoms with Crippen molar-refractivity contribution in [2.45, 2.75) is 58.6 Å². The Balaban J connectivity index is 1.63. The average molecular weight is 336 g/mol. The highest BCUT2D eigenvalue weighted by Crippen LogP contribution is 2.08. The van der Waals surface area contributed by atoms with Gasteiger partial charge in [-0.1, -0.05) is 18.1 Å². The maximum absolute atomic E-state index is 11.7. The number of rotatable bonds is 7. The van der Waals surface area contributed by atoms with Gasteiger partial charge < -0.3 is 14.6 Å². The fraction of sp³-hybridized carbons (Fsp3) is 0.667. The fourth-order valence-corrected chi connectivity index (χ4v) is 2.28. The molecule has 132 valence electrons. The Morgan fingerprint density at radius 2 is 2.04 bits per heavy atom. The summed E-state index contributed by atoms with van der Waals surface area (Å²) in [5, 5.41) is 12.3. The van der Waals surface area contributed by atoms with Gasteiger partial charge in [-0.15, -0.1) is 5.10 Å². The van der Waals surface area contributed by atoms with E-state index in [2.05, 4.69) is 25.7 Å². The van der Waals surface area contributed by atoms with E-state index in [1.165, 1.54) is 0 Å². The lowest BCUT2D eigenvalue weighted by atomic mass is 10.2. The molecule has 0 aliphatic heterocycles. The van der Waals surface area contributed by atoms with Crippen LogP contribution in [0.5, 0.6) is 0 Å². The van der Waals surface area contributed by atoms with E-state index in [1.54, 1.807) is 10.9 Å². The summed E-state index contributed by atoms with van der Waals surface area (Å²) in [7, 11) is 0. The number of fused-ring (bicyclic) bond motifs is 1. The summed E-state index contributed by atoms with van der Waals surface area (Å²) in [5.74, 6) is 0. The van der Waals surface area contributed by atoms with Crippen LogP contribution in [0.1, 0.15) is 46.5 Å². The minimum absolute atomic E-state index is 0.279. The molecule has 24 heavy (non-hydrogen) atoms. The zero-order valence-electron chi connectivity index (χ0n) is 14.3. The van der Waals surface area contributed by atoms with Gasteiger partial charge in [-0.3, -0.25) is 4.79 Å². The molecule has 9 nitrogen and oxygen atoms in total. The molecule has 0 atom stereocenters. The third-order valence-electron chi connectivity index (χ3n) is 3.32. The maximum atomic E-state index is 11.7. The van der Waals surface area contributed by atoms with E-state index in [0.717, 1.165) is 25.7 Å². The first-order valence-corrected chi connectivity index (χ1v) is 8.10. The number of carbonyl (C=O) groups excluding carboxylic acids is 1. The quantitative estimate of drug-likeness (QED) is 0.742. The molecule has 0 fully saturated rings. The lowest BCUT2D eigenvalue weighted by Crippen LogP contribution is -2.32. The molecular formula is C15H24N6O3. The zero-order valence-corrected chi connectivity index (χ0v) is 14.3. The summed E-state index contributed by atoms with van der Waals surface area (Å²) >= 11 is 0. The van der Waals surface area contributed by atoms with Crippen LogP contribution in [0.3, 0.4) is 0 Å². The molecule has 0 spiro atoms. The van der Waals surface area contributed by atoms with Crippen LogP contribution in [0.25, 0.3) is 11.2 Å². The SMILES string of the molecule is CC(C)(C)OC(=O)NCCCCCCn1cnc2nn[nH]c(=O)c21. The predicted molar refractivity (Wildman–Crippen MR) is 88.6 cm³/mol. The van der Waals surface area contributed by atoms with Gasteiger partial charge in [0, 0.05) is 13.1 Å². The maximum Gasteiger partial charge on any atom is 0.407 e. The summed E-state index contributed by atoms with van der Waals surface area (Å²) < 4.78 is 6.96. The number of imidazole rings is 1. The first kappa shape index (κ1) is 17.9. The van der Waals surface area contributed by atoms with Crippen LogP contribution in [0.15, 0.2) is 11.1 Å². The van der Waals surface area contributed by atoms with E-state index < -0.39 is 5.60 Å². The highest BCUT2D eigenvalue weighted by Gasteiger charge is 2.15. The Hall–Kier alpha value is -2.45. The van der Waals surface area contributed by atoms with Crippen LogP contribution in [0, 0.1) is 0 Å². The van der Waals surface area contributed by atoms with Crippen LogP contribution in [0.4, 0.5) is 4.79 Å². The Labute approximate surface area is 139 Å². The van der Waals surface area contributed by atoms with Crippen LogP contribution in [-0.4, -0.2) is 43.2 Å². The number of amides is 1. The average Bonchev–Trinajstić information content (AvgIpc) is 2.89. The third kappa shape index (κ3) is 5.32. The Morgan fingerprint density at radius 3 is 2.79 bits per heavy atom. The number of alkyl carbamates (subject to hydrolysis) is 1. The fourth-order valence-electron chi connectivity index (χ4n) is 2.28. The second-order valence-electron chi connectivity index (χ2n) is 6.59. The van der Waals surface area contributed by atoms with Crippen LogP contribution in [0.2, 0.25) is 0 Å². The van der Waals surface area contributed by atoms with Gasteiger partial charge in [0.2, 0.25) is 5.65 Å². The molecule has 2 aromatic heterocycles. The molecule has 0 saturated carbocycles. The van der Waals surface area contributed by atoms with Gasteiger partial charge in [-0.05, 0) is 33.6 Å². The van der Waals surface area contributed by atoms with Crippen molar-refractivity contribution in [2.24, 2.45) is 0 Å². The molecule has 2 aromatic rings. The summed E-state index contributed by atoms with van der Waals surface area (Å²) in [4.78, 5) is 27.3. The Kier molecular flexibility index (Phi) is 5.88. The van der Waals surface area contributed by atoms with Crippen molar-refractivity contribution >= 4 is 17.3 Å². The van der Waals surface area contributed by atoms with E-state index in [0.29, 0.717) is 24.3 Å². The standard InChI is InChI=1S/C15H24N6O3/c1-15(2,3)24-14(23)16-8-6-4-5-7-9-21-10-17-12-11(21)13(22)19-20-18-12/h10H,4-9H2,1-3H3,(H,16,23)(H,18,19,22). The van der Waals surface area contributed by atoms with Gasteiger partial charge in [0.25, 0.3) is 5.56 Å². The molecule has 9 heteroatoms. The summed E-state index contributed by atoms with van der Waals surface area (Å²) in [6.45, 7) is 6.80. The molecule has 2 N–H and O–H groups in total. The number of aromatic nitrogens is 5. The number of ether oxygens (including phenoxy) is 1. The topological polar surface area (TPSA) is 115 Å². The number of aryl methyl sites for hydroxylation is 1. The molecule has 0 unspecified atom stereocenters. The van der Waals surface area contributed by atoms with Crippen molar-refractivity contribution in [3.63, 3.8) is 0 Å². The molecule has 0 radical (unpaired) electrons. The van der Waals surface area contributed by atoms with Gasteiger partial charge in [0.1, 0.15) is 5.60 Å². The van der Waals surface area contributed by atoms with E-state index in [9.17, 15) is 9.59 Å². The van der Waals surface area contributed by atoms with Crippen molar-refractivity contribution in [1.82, 2.24) is 30.3 Å². The number of nitrogens with zero attached hydrogens (tertiary/aromatic N) is 4. The van der Waals surface area contributed by atoms with Crippen molar-refractivity contribution in [1.29, 1.82) is 0 Å². The predicted octanol–water partition coefficient (Wildman–Crippen LogP) is 1.60. The van der Waals surface area contributed by atoms with Crippen molar-refractivity contribution in [3.8, 4) is 0 Å². The van der Waals surface area contributed by atoms with Crippen molar-refractivity contribution in [3.05, 3.63) is 16.7 Å².